The second kappa shape index (κ2) is 8.17. The smallest absolute Gasteiger partial charge is 0.279 e. The van der Waals surface area contributed by atoms with Gasteiger partial charge in [-0.1, -0.05) is 41.1 Å². The van der Waals surface area contributed by atoms with Gasteiger partial charge in [0.1, 0.15) is 11.3 Å². The number of piperidine rings is 1. The number of nitrogens with one attached hydrogen (secondary N) is 1. The van der Waals surface area contributed by atoms with E-state index in [9.17, 15) is 4.79 Å². The molecule has 30 heavy (non-hydrogen) atoms. The number of halogens is 1. The van der Waals surface area contributed by atoms with E-state index in [2.05, 4.69) is 27.3 Å². The monoisotopic (exact) mass is 441 g/mol. The highest BCUT2D eigenvalue weighted by molar-refractivity contribution is 7.20. The van der Waals surface area contributed by atoms with Crippen molar-refractivity contribution in [3.8, 4) is 10.9 Å². The zero-order valence-electron chi connectivity index (χ0n) is 16.8. The molecule has 2 bridgehead atoms. The Morgan fingerprint density at radius 3 is 2.60 bits per heavy atom. The van der Waals surface area contributed by atoms with Crippen molar-refractivity contribution in [3.63, 3.8) is 0 Å². The number of carbonyl (C=O) groups is 1. The van der Waals surface area contributed by atoms with Crippen LogP contribution in [0.4, 0.5) is 0 Å². The van der Waals surface area contributed by atoms with Gasteiger partial charge in [-0.3, -0.25) is 9.69 Å². The maximum Gasteiger partial charge on any atom is 0.279 e. The predicted molar refractivity (Wildman–Crippen MR) is 120 cm³/mol. The van der Waals surface area contributed by atoms with Crippen molar-refractivity contribution >= 4 is 39.1 Å². The van der Waals surface area contributed by atoms with Crippen LogP contribution in [0.2, 0.25) is 5.02 Å². The quantitative estimate of drug-likeness (QED) is 0.578. The molecule has 7 heteroatoms. The minimum absolute atomic E-state index is 0.0823. The highest BCUT2D eigenvalue weighted by Crippen LogP contribution is 2.38. The van der Waals surface area contributed by atoms with E-state index in [-0.39, 0.29) is 5.91 Å². The Bertz CT molecular complexity index is 1050. The fourth-order valence-electron chi connectivity index (χ4n) is 4.85. The Balaban J connectivity index is 1.23. The number of carbonyl (C=O) groups excluding carboxylic acids is 1. The highest BCUT2D eigenvalue weighted by atomic mass is 35.5. The Kier molecular flexibility index (Phi) is 5.39. The average molecular weight is 442 g/mol. The molecule has 0 unspecified atom stereocenters. The summed E-state index contributed by atoms with van der Waals surface area (Å²) in [6, 6.07) is 15.5. The van der Waals surface area contributed by atoms with Crippen LogP contribution in [0.5, 0.6) is 10.9 Å². The number of nitrogens with zero attached hydrogens (tertiary/aromatic N) is 2. The number of hydrogen-bond donors (Lipinski definition) is 1. The first kappa shape index (κ1) is 19.8. The first-order valence-electron chi connectivity index (χ1n) is 10.4. The molecular formula is C23H24ClN3O2S. The van der Waals surface area contributed by atoms with Gasteiger partial charge in [-0.05, 0) is 55.5 Å². The summed E-state index contributed by atoms with van der Waals surface area (Å²) in [7, 11) is 0. The standard InChI is InChI=1S/C23H24ClN3O2S/c1-14(28)25-16-11-17-7-8-18(12-16)27(17)13-15-5-9-19(10-6-15)29-23-26-22-20(24)3-2-4-21(22)30-23/h2-6,9-10,16-18H,7-8,11-13H2,1H3,(H,25,28)/t16-,17+,18-. The zero-order valence-corrected chi connectivity index (χ0v) is 18.4. The summed E-state index contributed by atoms with van der Waals surface area (Å²) in [5.41, 5.74) is 2.07. The molecule has 156 valence electrons. The summed E-state index contributed by atoms with van der Waals surface area (Å²) < 4.78 is 6.98. The number of rotatable bonds is 5. The fourth-order valence-corrected chi connectivity index (χ4v) is 5.99. The average Bonchev–Trinajstić information content (AvgIpc) is 3.21. The number of thiazole rings is 1. The lowest BCUT2D eigenvalue weighted by Gasteiger charge is -2.39. The largest absolute Gasteiger partial charge is 0.431 e. The van der Waals surface area contributed by atoms with Crippen molar-refractivity contribution in [2.45, 2.75) is 57.3 Å². The van der Waals surface area contributed by atoms with Crippen molar-refractivity contribution < 1.29 is 9.53 Å². The summed E-state index contributed by atoms with van der Waals surface area (Å²) in [5, 5.41) is 4.36. The molecule has 5 nitrogen and oxygen atoms in total. The van der Waals surface area contributed by atoms with Gasteiger partial charge in [0.15, 0.2) is 0 Å². The number of benzene rings is 2. The van der Waals surface area contributed by atoms with Gasteiger partial charge in [0, 0.05) is 31.6 Å². The number of hydrogen-bond acceptors (Lipinski definition) is 5. The maximum absolute atomic E-state index is 11.4. The van der Waals surface area contributed by atoms with Crippen LogP contribution >= 0.6 is 22.9 Å². The molecule has 2 fully saturated rings. The van der Waals surface area contributed by atoms with Gasteiger partial charge in [0.05, 0.1) is 9.72 Å². The van der Waals surface area contributed by atoms with Crippen LogP contribution in [0.15, 0.2) is 42.5 Å². The molecule has 1 amide bonds. The van der Waals surface area contributed by atoms with Gasteiger partial charge in [0.25, 0.3) is 5.19 Å². The molecular weight excluding hydrogens is 418 g/mol. The van der Waals surface area contributed by atoms with E-state index in [0.717, 1.165) is 35.4 Å². The third-order valence-electron chi connectivity index (χ3n) is 6.14. The lowest BCUT2D eigenvalue weighted by molar-refractivity contribution is -0.120. The van der Waals surface area contributed by atoms with Crippen LogP contribution in [-0.4, -0.2) is 33.9 Å². The van der Waals surface area contributed by atoms with Gasteiger partial charge >= 0.3 is 0 Å². The highest BCUT2D eigenvalue weighted by Gasteiger charge is 2.40. The molecule has 3 atom stereocenters. The molecule has 2 aliphatic heterocycles. The normalized spacial score (nSPS) is 23.6. The Labute approximate surface area is 185 Å². The summed E-state index contributed by atoms with van der Waals surface area (Å²) >= 11 is 7.71. The Morgan fingerprint density at radius 1 is 1.20 bits per heavy atom. The number of amides is 1. The van der Waals surface area contributed by atoms with Crippen LogP contribution < -0.4 is 10.1 Å². The van der Waals surface area contributed by atoms with Crippen molar-refractivity contribution in [1.29, 1.82) is 0 Å². The van der Waals surface area contributed by atoms with Crippen molar-refractivity contribution in [2.24, 2.45) is 0 Å². The number of fused-ring (bicyclic) bond motifs is 3. The minimum Gasteiger partial charge on any atom is -0.431 e. The van der Waals surface area contributed by atoms with Crippen LogP contribution in [0.25, 0.3) is 10.2 Å². The summed E-state index contributed by atoms with van der Waals surface area (Å²) in [6.45, 7) is 2.56. The lowest BCUT2D eigenvalue weighted by Crippen LogP contribution is -2.49. The minimum atomic E-state index is 0.0823. The van der Waals surface area contributed by atoms with E-state index in [1.54, 1.807) is 6.92 Å². The topological polar surface area (TPSA) is 54.5 Å². The summed E-state index contributed by atoms with van der Waals surface area (Å²) in [4.78, 5) is 18.5. The van der Waals surface area contributed by atoms with Gasteiger partial charge in [-0.15, -0.1) is 0 Å². The van der Waals surface area contributed by atoms with E-state index in [0.29, 0.717) is 28.3 Å². The summed E-state index contributed by atoms with van der Waals surface area (Å²) in [5.74, 6) is 0.861. The second-order valence-electron chi connectivity index (χ2n) is 8.24. The van der Waals surface area contributed by atoms with Gasteiger partial charge in [-0.25, -0.2) is 4.98 Å². The van der Waals surface area contributed by atoms with Crippen LogP contribution in [-0.2, 0) is 11.3 Å². The van der Waals surface area contributed by atoms with Crippen LogP contribution in [0.3, 0.4) is 0 Å². The molecule has 3 heterocycles. The van der Waals surface area contributed by atoms with E-state index >= 15 is 0 Å². The van der Waals surface area contributed by atoms with E-state index in [4.69, 9.17) is 16.3 Å². The molecule has 2 saturated heterocycles. The number of para-hydroxylation sites is 1. The first-order valence-corrected chi connectivity index (χ1v) is 11.6. The van der Waals surface area contributed by atoms with Gasteiger partial charge < -0.3 is 10.1 Å². The third kappa shape index (κ3) is 4.04. The molecule has 0 aliphatic carbocycles. The predicted octanol–water partition coefficient (Wildman–Crippen LogP) is 5.37. The molecule has 0 radical (unpaired) electrons. The van der Waals surface area contributed by atoms with Crippen LogP contribution in [0.1, 0.15) is 38.2 Å². The molecule has 1 N–H and O–H groups in total. The van der Waals surface area contributed by atoms with Crippen molar-refractivity contribution in [2.75, 3.05) is 0 Å². The molecule has 5 rings (SSSR count). The number of aromatic nitrogens is 1. The molecule has 0 spiro atoms. The SMILES string of the molecule is CC(=O)N[C@H]1C[C@H]2CC[C@@H](C1)N2Cc1ccc(Oc2nc3c(Cl)cccc3s2)cc1. The van der Waals surface area contributed by atoms with Crippen molar-refractivity contribution in [1.82, 2.24) is 15.2 Å². The Morgan fingerprint density at radius 2 is 1.93 bits per heavy atom. The molecule has 2 aromatic carbocycles. The van der Waals surface area contributed by atoms with Gasteiger partial charge in [0.2, 0.25) is 5.91 Å². The van der Waals surface area contributed by atoms with Crippen molar-refractivity contribution in [3.05, 3.63) is 53.1 Å². The van der Waals surface area contributed by atoms with Gasteiger partial charge in [-0.2, -0.15) is 0 Å². The van der Waals surface area contributed by atoms with E-state index in [1.807, 2.05) is 30.3 Å². The Hall–Kier alpha value is -2.15. The summed E-state index contributed by atoms with van der Waals surface area (Å²) in [6.07, 6.45) is 4.55. The lowest BCUT2D eigenvalue weighted by atomic mass is 9.96. The number of ether oxygens (including phenoxy) is 1. The molecule has 2 aliphatic rings. The van der Waals surface area contributed by atoms with E-state index in [1.165, 1.54) is 29.7 Å². The first-order chi connectivity index (χ1) is 14.5. The van der Waals surface area contributed by atoms with E-state index < -0.39 is 0 Å². The third-order valence-corrected chi connectivity index (χ3v) is 7.34. The zero-order chi connectivity index (χ0) is 20.7. The maximum atomic E-state index is 11.4. The molecule has 0 saturated carbocycles. The fraction of sp³-hybridized carbons (Fsp3) is 0.391. The second-order valence-corrected chi connectivity index (χ2v) is 9.64. The molecule has 3 aromatic rings. The van der Waals surface area contributed by atoms with Crippen LogP contribution in [0, 0.1) is 0 Å². The molecule has 1 aromatic heterocycles.